The molecular weight excluding hydrogens is 190 g/mol. The highest BCUT2D eigenvalue weighted by Gasteiger charge is 2.26. The summed E-state index contributed by atoms with van der Waals surface area (Å²) in [7, 11) is -4.14. The molecule has 0 spiro atoms. The first-order chi connectivity index (χ1) is 5.55. The van der Waals surface area contributed by atoms with E-state index in [9.17, 15) is 8.42 Å². The first-order valence-electron chi connectivity index (χ1n) is 2.90. The lowest BCUT2D eigenvalue weighted by atomic mass is 10.7. The molecule has 1 aliphatic rings. The minimum absolute atomic E-state index is 0.0993. The topological polar surface area (TPSA) is 114 Å². The Bertz CT molecular complexity index is 284. The summed E-state index contributed by atoms with van der Waals surface area (Å²) in [4.78, 5) is 0. The summed E-state index contributed by atoms with van der Waals surface area (Å²) in [6, 6.07) is 0. The molecule has 70 valence electrons. The summed E-state index contributed by atoms with van der Waals surface area (Å²) in [6.45, 7) is -0.413. The molecule has 0 radical (unpaired) electrons. The van der Waals surface area contributed by atoms with Crippen molar-refractivity contribution in [1.29, 1.82) is 0 Å². The summed E-state index contributed by atoms with van der Waals surface area (Å²) >= 11 is 0. The van der Waals surface area contributed by atoms with E-state index < -0.39 is 10.4 Å². The fourth-order valence-corrected chi connectivity index (χ4v) is 1.10. The summed E-state index contributed by atoms with van der Waals surface area (Å²) in [5.74, 6) is -0.265. The average Bonchev–Trinajstić information content (AvgIpc) is 1.97. The minimum Gasteiger partial charge on any atom is -0.394 e. The molecular formula is C3H7N3O5S. The third-order valence-electron chi connectivity index (χ3n) is 0.962. The summed E-state index contributed by atoms with van der Waals surface area (Å²) < 4.78 is 29.1. The molecule has 0 saturated heterocycles. The van der Waals surface area contributed by atoms with Crippen molar-refractivity contribution in [1.82, 2.24) is 5.06 Å². The van der Waals surface area contributed by atoms with Crippen LogP contribution in [0.3, 0.4) is 0 Å². The van der Waals surface area contributed by atoms with E-state index in [1.807, 2.05) is 0 Å². The normalized spacial score (nSPS) is 21.4. The Hall–Kier alpha value is -1.06. The number of β-amino-alcohol motifs (C(OH)–C–C–N with tert-alkyl or cyclic N) is 1. The second-order valence-corrected chi connectivity index (χ2v) is 2.95. The fourth-order valence-electron chi connectivity index (χ4n) is 0.534. The van der Waals surface area contributed by atoms with E-state index in [-0.39, 0.29) is 19.1 Å². The van der Waals surface area contributed by atoms with Gasteiger partial charge in [0.1, 0.15) is 0 Å². The Labute approximate surface area is 68.4 Å². The number of oxime groups is 1. The molecule has 0 aromatic carbocycles. The van der Waals surface area contributed by atoms with Gasteiger partial charge >= 0.3 is 10.4 Å². The standard InChI is InChI=1S/C3H7N3O5S/c4-3-5-10-12(8,9)11-6(3)1-2-7/h7H,1-2H2,(H2,4,5). The van der Waals surface area contributed by atoms with E-state index in [0.717, 1.165) is 0 Å². The van der Waals surface area contributed by atoms with Crippen LogP contribution in [0.1, 0.15) is 0 Å². The number of nitrogens with two attached hydrogens (primary N) is 1. The zero-order valence-corrected chi connectivity index (χ0v) is 6.69. The zero-order valence-electron chi connectivity index (χ0n) is 5.87. The van der Waals surface area contributed by atoms with E-state index in [0.29, 0.717) is 5.06 Å². The van der Waals surface area contributed by atoms with Crippen LogP contribution in [0, 0.1) is 0 Å². The molecule has 0 atom stereocenters. The smallest absolute Gasteiger partial charge is 0.394 e. The van der Waals surface area contributed by atoms with Gasteiger partial charge in [-0.15, -0.1) is 4.28 Å². The molecule has 0 unspecified atom stereocenters. The molecule has 0 bridgehead atoms. The van der Waals surface area contributed by atoms with Crippen molar-refractivity contribution in [3.8, 4) is 0 Å². The third-order valence-corrected chi connectivity index (χ3v) is 1.58. The molecule has 1 rings (SSSR count). The van der Waals surface area contributed by atoms with Crippen LogP contribution in [0.25, 0.3) is 0 Å². The molecule has 8 nitrogen and oxygen atoms in total. The van der Waals surface area contributed by atoms with Gasteiger partial charge in [0.25, 0.3) is 5.96 Å². The largest absolute Gasteiger partial charge is 0.491 e. The second kappa shape index (κ2) is 3.13. The van der Waals surface area contributed by atoms with Gasteiger partial charge < -0.3 is 10.8 Å². The van der Waals surface area contributed by atoms with Crippen molar-refractivity contribution in [3.63, 3.8) is 0 Å². The third kappa shape index (κ3) is 1.96. The molecule has 0 aromatic heterocycles. The lowest BCUT2D eigenvalue weighted by molar-refractivity contribution is -0.0233. The lowest BCUT2D eigenvalue weighted by Gasteiger charge is -2.21. The Morgan fingerprint density at radius 2 is 2.33 bits per heavy atom. The highest BCUT2D eigenvalue weighted by molar-refractivity contribution is 7.81. The fraction of sp³-hybridized carbons (Fsp3) is 0.667. The number of guanidine groups is 1. The number of hydrogen-bond acceptors (Lipinski definition) is 8. The van der Waals surface area contributed by atoms with E-state index >= 15 is 0 Å². The molecule has 0 fully saturated rings. The maximum atomic E-state index is 10.6. The van der Waals surface area contributed by atoms with Gasteiger partial charge in [-0.1, -0.05) is 0 Å². The number of nitrogens with zero attached hydrogens (tertiary/aromatic N) is 2. The van der Waals surface area contributed by atoms with E-state index in [4.69, 9.17) is 10.8 Å². The second-order valence-electron chi connectivity index (χ2n) is 1.83. The quantitative estimate of drug-likeness (QED) is 0.512. The van der Waals surface area contributed by atoms with Crippen molar-refractivity contribution < 1.29 is 22.1 Å². The van der Waals surface area contributed by atoms with E-state index in [1.165, 1.54) is 0 Å². The SMILES string of the molecule is NC1=NOS(=O)(=O)ON1CCO. The zero-order chi connectivity index (χ0) is 9.19. The highest BCUT2D eigenvalue weighted by Crippen LogP contribution is 2.07. The maximum absolute atomic E-state index is 10.6. The van der Waals surface area contributed by atoms with Crippen molar-refractivity contribution in [3.05, 3.63) is 0 Å². The van der Waals surface area contributed by atoms with Crippen molar-refractivity contribution in [2.24, 2.45) is 10.9 Å². The molecule has 0 aliphatic carbocycles. The van der Waals surface area contributed by atoms with Crippen LogP contribution in [-0.2, 0) is 19.0 Å². The summed E-state index contributed by atoms with van der Waals surface area (Å²) in [6.07, 6.45) is 0. The average molecular weight is 197 g/mol. The Balaban J connectivity index is 2.75. The van der Waals surface area contributed by atoms with Crippen LogP contribution in [-0.4, -0.2) is 37.7 Å². The van der Waals surface area contributed by atoms with Crippen LogP contribution >= 0.6 is 0 Å². The molecule has 1 aliphatic heterocycles. The van der Waals surface area contributed by atoms with Crippen molar-refractivity contribution >= 4 is 16.4 Å². The van der Waals surface area contributed by atoms with Gasteiger partial charge in [0.15, 0.2) is 0 Å². The molecule has 0 saturated carbocycles. The molecule has 3 N–H and O–H groups in total. The van der Waals surface area contributed by atoms with Crippen LogP contribution in [0.2, 0.25) is 0 Å². The van der Waals surface area contributed by atoms with Crippen molar-refractivity contribution in [2.45, 2.75) is 0 Å². The number of hydrogen-bond donors (Lipinski definition) is 2. The number of rotatable bonds is 2. The van der Waals surface area contributed by atoms with Crippen LogP contribution in [0.5, 0.6) is 0 Å². The molecule has 0 amide bonds. The van der Waals surface area contributed by atoms with Gasteiger partial charge in [-0.25, -0.2) is 4.28 Å². The minimum atomic E-state index is -4.14. The summed E-state index contributed by atoms with van der Waals surface area (Å²) in [5, 5.41) is 12.1. The van der Waals surface area contributed by atoms with Crippen LogP contribution in [0.15, 0.2) is 5.16 Å². The first-order valence-corrected chi connectivity index (χ1v) is 4.23. The number of hydroxylamine groups is 2. The van der Waals surface area contributed by atoms with Gasteiger partial charge in [0.2, 0.25) is 0 Å². The molecule has 12 heavy (non-hydrogen) atoms. The van der Waals surface area contributed by atoms with Crippen LogP contribution < -0.4 is 5.73 Å². The van der Waals surface area contributed by atoms with Gasteiger partial charge in [0, 0.05) is 0 Å². The lowest BCUT2D eigenvalue weighted by Crippen LogP contribution is -2.44. The van der Waals surface area contributed by atoms with Crippen LogP contribution in [0.4, 0.5) is 0 Å². The predicted octanol–water partition coefficient (Wildman–Crippen LogP) is -2.28. The monoisotopic (exact) mass is 197 g/mol. The van der Waals surface area contributed by atoms with Gasteiger partial charge in [-0.2, -0.15) is 13.5 Å². The first kappa shape index (κ1) is 9.03. The Morgan fingerprint density at radius 3 is 2.92 bits per heavy atom. The Morgan fingerprint density at radius 1 is 1.67 bits per heavy atom. The highest BCUT2D eigenvalue weighted by atomic mass is 32.3. The van der Waals surface area contributed by atoms with Gasteiger partial charge in [0.05, 0.1) is 13.2 Å². The predicted molar refractivity (Wildman–Crippen MR) is 36.5 cm³/mol. The Kier molecular flexibility index (Phi) is 2.35. The molecule has 1 heterocycles. The number of aliphatic hydroxyl groups is 1. The van der Waals surface area contributed by atoms with E-state index in [2.05, 4.69) is 13.7 Å². The molecule has 9 heteroatoms. The van der Waals surface area contributed by atoms with Gasteiger partial charge in [-0.3, -0.25) is 0 Å². The molecule has 0 aromatic rings. The number of aliphatic hydroxyl groups excluding tert-OH is 1. The van der Waals surface area contributed by atoms with Gasteiger partial charge in [-0.05, 0) is 5.16 Å². The van der Waals surface area contributed by atoms with E-state index in [1.54, 1.807) is 0 Å². The van der Waals surface area contributed by atoms with Crippen molar-refractivity contribution in [2.75, 3.05) is 13.2 Å². The maximum Gasteiger partial charge on any atom is 0.491 e. The summed E-state index contributed by atoms with van der Waals surface area (Å²) in [5.41, 5.74) is 5.14.